The molecule has 1 aliphatic heterocycles. The van der Waals surface area contributed by atoms with Gasteiger partial charge in [0.15, 0.2) is 0 Å². The van der Waals surface area contributed by atoms with Gasteiger partial charge in [0.05, 0.1) is 10.7 Å². The summed E-state index contributed by atoms with van der Waals surface area (Å²) >= 11 is 6.16. The largest absolute Gasteiger partial charge is 0.366 e. The Morgan fingerprint density at radius 1 is 0.935 bits per heavy atom. The third kappa shape index (κ3) is 4.55. The van der Waals surface area contributed by atoms with Gasteiger partial charge in [-0.15, -0.1) is 10.2 Å². The van der Waals surface area contributed by atoms with Crippen LogP contribution in [0.4, 0.5) is 14.6 Å². The average Bonchev–Trinajstić information content (AvgIpc) is 3.28. The van der Waals surface area contributed by atoms with Crippen molar-refractivity contribution in [1.82, 2.24) is 15.1 Å². The van der Waals surface area contributed by atoms with Crippen molar-refractivity contribution in [2.24, 2.45) is 11.8 Å². The molecule has 1 saturated heterocycles. The van der Waals surface area contributed by atoms with Gasteiger partial charge in [-0.05, 0) is 72.7 Å². The first-order valence-corrected chi connectivity index (χ1v) is 10.9. The second-order valence-electron chi connectivity index (χ2n) is 8.58. The molecule has 1 N–H and O–H groups in total. The number of hydrogen-bond donors (Lipinski definition) is 1. The molecule has 4 nitrogen and oxygen atoms in total. The van der Waals surface area contributed by atoms with E-state index in [9.17, 15) is 8.78 Å². The van der Waals surface area contributed by atoms with Crippen molar-refractivity contribution in [3.63, 3.8) is 0 Å². The van der Waals surface area contributed by atoms with Crippen molar-refractivity contribution in [2.45, 2.75) is 25.4 Å². The van der Waals surface area contributed by atoms with Gasteiger partial charge in [0.2, 0.25) is 0 Å². The topological polar surface area (TPSA) is 41.0 Å². The van der Waals surface area contributed by atoms with Crippen molar-refractivity contribution in [1.29, 1.82) is 0 Å². The van der Waals surface area contributed by atoms with Gasteiger partial charge in [0.1, 0.15) is 17.5 Å². The van der Waals surface area contributed by atoms with Crippen LogP contribution in [0.5, 0.6) is 0 Å². The van der Waals surface area contributed by atoms with Crippen LogP contribution in [0.3, 0.4) is 0 Å². The lowest BCUT2D eigenvalue weighted by atomic mass is 10.0. The fraction of sp³-hybridized carbons (Fsp3) is 0.333. The summed E-state index contributed by atoms with van der Waals surface area (Å²) in [6, 6.07) is 15.1. The van der Waals surface area contributed by atoms with Crippen LogP contribution in [0.1, 0.15) is 18.4 Å². The van der Waals surface area contributed by atoms with E-state index in [1.165, 1.54) is 24.3 Å². The van der Waals surface area contributed by atoms with E-state index in [2.05, 4.69) is 20.4 Å². The number of aromatic nitrogens is 2. The standard InChI is InChI=1S/C24H23ClF2N4/c25-22-5-4-19(27)11-21(22)23-6-7-24(30-29-23)28-20-9-16-13-31(14-17(16)10-20)12-15-2-1-3-18(26)8-15/h1-8,11,16-17,20H,9-10,12-14H2,(H,28,30)/t16-,17+,20+. The van der Waals surface area contributed by atoms with Crippen LogP contribution in [0.2, 0.25) is 5.02 Å². The molecule has 2 fully saturated rings. The molecule has 3 aromatic rings. The van der Waals surface area contributed by atoms with Gasteiger partial charge >= 0.3 is 0 Å². The molecule has 0 bridgehead atoms. The van der Waals surface area contributed by atoms with E-state index in [0.717, 1.165) is 43.9 Å². The monoisotopic (exact) mass is 440 g/mol. The Bertz CT molecular complexity index is 1060. The first-order chi connectivity index (χ1) is 15.0. The van der Waals surface area contributed by atoms with Crippen LogP contribution in [0.25, 0.3) is 11.3 Å². The third-order valence-corrected chi connectivity index (χ3v) is 6.67. The first-order valence-electron chi connectivity index (χ1n) is 10.6. The summed E-state index contributed by atoms with van der Waals surface area (Å²) in [5, 5.41) is 12.4. The molecule has 31 heavy (non-hydrogen) atoms. The van der Waals surface area contributed by atoms with Gasteiger partial charge in [0.25, 0.3) is 0 Å². The fourth-order valence-corrected chi connectivity index (χ4v) is 5.21. The van der Waals surface area contributed by atoms with Crippen LogP contribution in [0, 0.1) is 23.5 Å². The highest BCUT2D eigenvalue weighted by atomic mass is 35.5. The predicted molar refractivity (Wildman–Crippen MR) is 118 cm³/mol. The van der Waals surface area contributed by atoms with Crippen molar-refractivity contribution >= 4 is 17.4 Å². The summed E-state index contributed by atoms with van der Waals surface area (Å²) in [6.45, 7) is 2.89. The molecule has 2 heterocycles. The molecule has 2 aromatic carbocycles. The van der Waals surface area contributed by atoms with Gasteiger partial charge in [-0.3, -0.25) is 4.90 Å². The minimum absolute atomic E-state index is 0.173. The number of nitrogens with zero attached hydrogens (tertiary/aromatic N) is 3. The van der Waals surface area contributed by atoms with E-state index in [0.29, 0.717) is 34.2 Å². The van der Waals surface area contributed by atoms with Crippen LogP contribution in [0.15, 0.2) is 54.6 Å². The Labute approximate surface area is 185 Å². The molecule has 0 spiro atoms. The zero-order valence-corrected chi connectivity index (χ0v) is 17.7. The lowest BCUT2D eigenvalue weighted by molar-refractivity contribution is 0.300. The molecule has 2 aliphatic rings. The number of halogens is 3. The Morgan fingerprint density at radius 3 is 2.42 bits per heavy atom. The summed E-state index contributed by atoms with van der Waals surface area (Å²) in [7, 11) is 0. The van der Waals surface area contributed by atoms with Crippen molar-refractivity contribution in [2.75, 3.05) is 18.4 Å². The number of hydrogen-bond acceptors (Lipinski definition) is 4. The van der Waals surface area contributed by atoms with E-state index < -0.39 is 0 Å². The average molecular weight is 441 g/mol. The smallest absolute Gasteiger partial charge is 0.148 e. The zero-order chi connectivity index (χ0) is 21.4. The third-order valence-electron chi connectivity index (χ3n) is 6.34. The summed E-state index contributed by atoms with van der Waals surface area (Å²) in [4.78, 5) is 2.43. The van der Waals surface area contributed by atoms with Crippen LogP contribution in [-0.2, 0) is 6.54 Å². The number of benzene rings is 2. The molecule has 3 atom stereocenters. The number of rotatable bonds is 5. The Morgan fingerprint density at radius 2 is 1.71 bits per heavy atom. The Hall–Kier alpha value is -2.57. The lowest BCUT2D eigenvalue weighted by Gasteiger charge is -2.20. The van der Waals surface area contributed by atoms with E-state index in [-0.39, 0.29) is 11.6 Å². The minimum atomic E-state index is -0.354. The summed E-state index contributed by atoms with van der Waals surface area (Å²) < 4.78 is 27.0. The molecule has 0 radical (unpaired) electrons. The number of nitrogens with one attached hydrogen (secondary N) is 1. The second-order valence-corrected chi connectivity index (χ2v) is 8.99. The fourth-order valence-electron chi connectivity index (χ4n) is 4.99. The van der Waals surface area contributed by atoms with Gasteiger partial charge in [-0.25, -0.2) is 8.78 Å². The summed E-state index contributed by atoms with van der Waals surface area (Å²) in [6.07, 6.45) is 2.17. The molecule has 1 saturated carbocycles. The van der Waals surface area contributed by atoms with Gasteiger partial charge in [0, 0.05) is 31.2 Å². The molecule has 1 aromatic heterocycles. The van der Waals surface area contributed by atoms with E-state index in [1.54, 1.807) is 12.1 Å². The van der Waals surface area contributed by atoms with E-state index in [1.807, 2.05) is 18.2 Å². The SMILES string of the molecule is Fc1cccc(CN2C[C@H]3C[C@H](Nc4ccc(-c5cc(F)ccc5Cl)nn4)C[C@H]3C2)c1. The zero-order valence-electron chi connectivity index (χ0n) is 16.9. The van der Waals surface area contributed by atoms with Crippen molar-refractivity contribution in [3.05, 3.63) is 76.8 Å². The highest BCUT2D eigenvalue weighted by Crippen LogP contribution is 2.39. The maximum absolute atomic E-state index is 13.5. The minimum Gasteiger partial charge on any atom is -0.366 e. The number of likely N-dealkylation sites (tertiary alicyclic amines) is 1. The second kappa shape index (κ2) is 8.52. The van der Waals surface area contributed by atoms with Crippen LogP contribution in [-0.4, -0.2) is 34.2 Å². The van der Waals surface area contributed by atoms with Gasteiger partial charge in [-0.2, -0.15) is 0 Å². The molecule has 7 heteroatoms. The van der Waals surface area contributed by atoms with Crippen LogP contribution >= 0.6 is 11.6 Å². The highest BCUT2D eigenvalue weighted by molar-refractivity contribution is 6.33. The van der Waals surface area contributed by atoms with Crippen LogP contribution < -0.4 is 5.32 Å². The highest BCUT2D eigenvalue weighted by Gasteiger charge is 2.40. The summed E-state index contributed by atoms with van der Waals surface area (Å²) in [5.74, 6) is 1.48. The number of fused-ring (bicyclic) bond motifs is 1. The lowest BCUT2D eigenvalue weighted by Crippen LogP contribution is -2.25. The number of anilines is 1. The quantitative estimate of drug-likeness (QED) is 0.577. The summed E-state index contributed by atoms with van der Waals surface area (Å²) in [5.41, 5.74) is 2.12. The van der Waals surface area contributed by atoms with Gasteiger partial charge < -0.3 is 5.32 Å². The molecule has 160 valence electrons. The molecule has 0 unspecified atom stereocenters. The van der Waals surface area contributed by atoms with E-state index >= 15 is 0 Å². The van der Waals surface area contributed by atoms with Crippen molar-refractivity contribution in [3.8, 4) is 11.3 Å². The van der Waals surface area contributed by atoms with Crippen molar-refractivity contribution < 1.29 is 8.78 Å². The van der Waals surface area contributed by atoms with Gasteiger partial charge in [-0.1, -0.05) is 23.7 Å². The predicted octanol–water partition coefficient (Wildman–Crippen LogP) is 5.40. The molecular formula is C24H23ClF2N4. The Kier molecular flexibility index (Phi) is 5.59. The maximum atomic E-state index is 13.5. The first kappa shape index (κ1) is 20.3. The molecule has 5 rings (SSSR count). The molecule has 1 aliphatic carbocycles. The maximum Gasteiger partial charge on any atom is 0.148 e. The molecular weight excluding hydrogens is 418 g/mol. The van der Waals surface area contributed by atoms with E-state index in [4.69, 9.17) is 11.6 Å². The Balaban J connectivity index is 1.17. The molecule has 0 amide bonds. The normalized spacial score (nSPS) is 23.1.